The van der Waals surface area contributed by atoms with Crippen LogP contribution in [0, 0.1) is 0 Å². The van der Waals surface area contributed by atoms with Crippen LogP contribution < -0.4 is 5.73 Å². The van der Waals surface area contributed by atoms with Gasteiger partial charge in [0.1, 0.15) is 12.1 Å². The van der Waals surface area contributed by atoms with Crippen LogP contribution in [0.15, 0.2) is 19.0 Å². The molecule has 0 fully saturated rings. The van der Waals surface area contributed by atoms with Gasteiger partial charge in [-0.3, -0.25) is 0 Å². The Balaban J connectivity index is 0. The lowest BCUT2D eigenvalue weighted by Crippen LogP contribution is -1.97. The third-order valence-electron chi connectivity index (χ3n) is 1.47. The summed E-state index contributed by atoms with van der Waals surface area (Å²) in [6.45, 7) is 13.6. The molecule has 1 aromatic rings. The number of hydrogen-bond acceptors (Lipinski definition) is 3. The number of hydrogen-bond donors (Lipinski definition) is 1. The van der Waals surface area contributed by atoms with Crippen molar-refractivity contribution in [3.05, 3.63) is 30.2 Å². The Labute approximate surface area is 99.1 Å². The highest BCUT2D eigenvalue weighted by Gasteiger charge is 2.00. The maximum Gasteiger partial charge on any atom is 0.134 e. The van der Waals surface area contributed by atoms with Gasteiger partial charge in [0.05, 0.1) is 5.69 Å². The molecule has 0 amide bonds. The van der Waals surface area contributed by atoms with E-state index in [9.17, 15) is 0 Å². The summed E-state index contributed by atoms with van der Waals surface area (Å²) in [5.74, 6) is 0.484. The molecule has 0 aromatic carbocycles. The highest BCUT2D eigenvalue weighted by molar-refractivity contribution is 5.69. The van der Waals surface area contributed by atoms with Crippen molar-refractivity contribution < 1.29 is 0 Å². The zero-order valence-electron chi connectivity index (χ0n) is 11.0. The van der Waals surface area contributed by atoms with Gasteiger partial charge < -0.3 is 5.73 Å². The molecule has 0 aliphatic rings. The third-order valence-corrected chi connectivity index (χ3v) is 1.47. The summed E-state index contributed by atoms with van der Waals surface area (Å²) in [4.78, 5) is 7.89. The summed E-state index contributed by atoms with van der Waals surface area (Å²) in [6.07, 6.45) is 6.85. The first kappa shape index (κ1) is 16.8. The molecule has 1 rings (SSSR count). The SMILES string of the molecule is C=Cc1ncnc(N)c1/C=C\C.CC.CC. The van der Waals surface area contributed by atoms with E-state index < -0.39 is 0 Å². The Morgan fingerprint density at radius 1 is 1.19 bits per heavy atom. The topological polar surface area (TPSA) is 51.8 Å². The summed E-state index contributed by atoms with van der Waals surface area (Å²) in [5.41, 5.74) is 7.23. The number of nitrogen functional groups attached to an aromatic ring is 1. The maximum absolute atomic E-state index is 5.63. The molecule has 0 saturated heterocycles. The van der Waals surface area contributed by atoms with Crippen molar-refractivity contribution in [3.8, 4) is 0 Å². The van der Waals surface area contributed by atoms with Crippen LogP contribution in [0.2, 0.25) is 0 Å². The van der Waals surface area contributed by atoms with Gasteiger partial charge >= 0.3 is 0 Å². The van der Waals surface area contributed by atoms with Crippen LogP contribution in [-0.4, -0.2) is 9.97 Å². The monoisotopic (exact) mass is 221 g/mol. The Morgan fingerprint density at radius 3 is 2.19 bits per heavy atom. The normalized spacial score (nSPS) is 8.56. The lowest BCUT2D eigenvalue weighted by Gasteiger charge is -2.01. The van der Waals surface area contributed by atoms with E-state index in [1.165, 1.54) is 6.33 Å². The van der Waals surface area contributed by atoms with Gasteiger partial charge in [-0.2, -0.15) is 0 Å². The van der Waals surface area contributed by atoms with Gasteiger partial charge in [0.25, 0.3) is 0 Å². The van der Waals surface area contributed by atoms with Crippen LogP contribution in [0.1, 0.15) is 45.9 Å². The van der Waals surface area contributed by atoms with E-state index in [1.54, 1.807) is 6.08 Å². The van der Waals surface area contributed by atoms with Gasteiger partial charge in [0.15, 0.2) is 0 Å². The highest BCUT2D eigenvalue weighted by Crippen LogP contribution is 2.14. The smallest absolute Gasteiger partial charge is 0.134 e. The van der Waals surface area contributed by atoms with Gasteiger partial charge in [-0.1, -0.05) is 46.4 Å². The van der Waals surface area contributed by atoms with Crippen LogP contribution >= 0.6 is 0 Å². The van der Waals surface area contributed by atoms with Gasteiger partial charge in [0.2, 0.25) is 0 Å². The second-order valence-electron chi connectivity index (χ2n) is 2.26. The molecule has 0 radical (unpaired) electrons. The lowest BCUT2D eigenvalue weighted by molar-refractivity contribution is 1.15. The van der Waals surface area contributed by atoms with Crippen molar-refractivity contribution in [1.82, 2.24) is 9.97 Å². The zero-order chi connectivity index (χ0) is 13.0. The summed E-state index contributed by atoms with van der Waals surface area (Å²) in [6, 6.07) is 0. The summed E-state index contributed by atoms with van der Waals surface area (Å²) in [7, 11) is 0. The van der Waals surface area contributed by atoms with E-state index in [0.717, 1.165) is 11.3 Å². The first-order valence-corrected chi connectivity index (χ1v) is 5.65. The first-order chi connectivity index (χ1) is 7.79. The van der Waals surface area contributed by atoms with Crippen molar-refractivity contribution in [2.45, 2.75) is 34.6 Å². The molecule has 1 heterocycles. The quantitative estimate of drug-likeness (QED) is 0.826. The second-order valence-corrected chi connectivity index (χ2v) is 2.26. The van der Waals surface area contributed by atoms with Crippen molar-refractivity contribution in [3.63, 3.8) is 0 Å². The van der Waals surface area contributed by atoms with Gasteiger partial charge in [-0.05, 0) is 13.0 Å². The lowest BCUT2D eigenvalue weighted by atomic mass is 10.2. The van der Waals surface area contributed by atoms with Crippen molar-refractivity contribution in [2.75, 3.05) is 5.73 Å². The standard InChI is InChI=1S/C9H11N3.2C2H6/c1-3-5-7-8(4-2)11-6-12-9(7)10;2*1-2/h3-6H,2H2,1H3,(H2,10,11,12);2*1-2H3/b5-3-;;. The molecule has 0 atom stereocenters. The van der Waals surface area contributed by atoms with Crippen LogP contribution in [0.3, 0.4) is 0 Å². The second kappa shape index (κ2) is 11.4. The fourth-order valence-corrected chi connectivity index (χ4v) is 0.924. The molecule has 0 bridgehead atoms. The van der Waals surface area contributed by atoms with Crippen LogP contribution in [0.5, 0.6) is 0 Å². The molecular formula is C13H23N3. The predicted octanol–water partition coefficient (Wildman–Crippen LogP) is 3.79. The summed E-state index contributed by atoms with van der Waals surface area (Å²) >= 11 is 0. The zero-order valence-corrected chi connectivity index (χ0v) is 11.0. The Morgan fingerprint density at radius 2 is 1.75 bits per heavy atom. The summed E-state index contributed by atoms with van der Waals surface area (Å²) in [5, 5.41) is 0. The molecule has 2 N–H and O–H groups in total. The van der Waals surface area contributed by atoms with Gasteiger partial charge in [0, 0.05) is 5.56 Å². The number of anilines is 1. The van der Waals surface area contributed by atoms with E-state index in [0.29, 0.717) is 5.82 Å². The minimum Gasteiger partial charge on any atom is -0.383 e. The third kappa shape index (κ3) is 5.29. The Hall–Kier alpha value is -1.64. The minimum atomic E-state index is 0.484. The molecule has 90 valence electrons. The van der Waals surface area contributed by atoms with Crippen LogP contribution in [0.25, 0.3) is 12.2 Å². The largest absolute Gasteiger partial charge is 0.383 e. The van der Waals surface area contributed by atoms with E-state index in [1.807, 2.05) is 46.8 Å². The molecule has 0 aliphatic heterocycles. The maximum atomic E-state index is 5.63. The Bertz CT molecular complexity index is 317. The summed E-state index contributed by atoms with van der Waals surface area (Å²) < 4.78 is 0. The van der Waals surface area contributed by atoms with E-state index in [4.69, 9.17) is 5.73 Å². The highest BCUT2D eigenvalue weighted by atomic mass is 14.9. The average molecular weight is 221 g/mol. The Kier molecular flexibility index (Phi) is 12.0. The number of nitrogens with zero attached hydrogens (tertiary/aromatic N) is 2. The molecule has 3 heteroatoms. The first-order valence-electron chi connectivity index (χ1n) is 5.65. The molecular weight excluding hydrogens is 198 g/mol. The number of allylic oxidation sites excluding steroid dienone is 1. The molecule has 0 aliphatic carbocycles. The molecule has 0 saturated carbocycles. The van der Waals surface area contributed by atoms with Crippen molar-refractivity contribution in [1.29, 1.82) is 0 Å². The van der Waals surface area contributed by atoms with Crippen LogP contribution in [0.4, 0.5) is 5.82 Å². The van der Waals surface area contributed by atoms with E-state index in [-0.39, 0.29) is 0 Å². The number of aromatic nitrogens is 2. The molecule has 1 aromatic heterocycles. The van der Waals surface area contributed by atoms with E-state index in [2.05, 4.69) is 16.5 Å². The average Bonchev–Trinajstić information content (AvgIpc) is 2.37. The van der Waals surface area contributed by atoms with Crippen LogP contribution in [-0.2, 0) is 0 Å². The fourth-order valence-electron chi connectivity index (χ4n) is 0.924. The predicted molar refractivity (Wildman–Crippen MR) is 73.9 cm³/mol. The fraction of sp³-hybridized carbons (Fsp3) is 0.385. The van der Waals surface area contributed by atoms with E-state index >= 15 is 0 Å². The van der Waals surface area contributed by atoms with Gasteiger partial charge in [-0.25, -0.2) is 9.97 Å². The molecule has 3 nitrogen and oxygen atoms in total. The molecule has 16 heavy (non-hydrogen) atoms. The van der Waals surface area contributed by atoms with Crippen molar-refractivity contribution >= 4 is 18.0 Å². The number of rotatable bonds is 2. The minimum absolute atomic E-state index is 0.484. The number of nitrogens with two attached hydrogens (primary N) is 1. The van der Waals surface area contributed by atoms with Gasteiger partial charge in [-0.15, -0.1) is 0 Å². The molecule has 0 spiro atoms. The van der Waals surface area contributed by atoms with Crippen molar-refractivity contribution in [2.24, 2.45) is 0 Å². The molecule has 0 unspecified atom stereocenters.